The van der Waals surface area contributed by atoms with Crippen molar-refractivity contribution in [2.24, 2.45) is 4.99 Å². The van der Waals surface area contributed by atoms with Crippen LogP contribution in [0.5, 0.6) is 11.5 Å². The van der Waals surface area contributed by atoms with E-state index in [-0.39, 0.29) is 24.0 Å². The number of benzene rings is 1. The summed E-state index contributed by atoms with van der Waals surface area (Å²) in [6.45, 7) is 8.03. The molecule has 1 aromatic heterocycles. The van der Waals surface area contributed by atoms with Crippen molar-refractivity contribution in [3.63, 3.8) is 0 Å². The van der Waals surface area contributed by atoms with Crippen LogP contribution >= 0.6 is 24.0 Å². The molecule has 0 bridgehead atoms. The van der Waals surface area contributed by atoms with Crippen LogP contribution in [0.15, 0.2) is 35.6 Å². The van der Waals surface area contributed by atoms with Crippen molar-refractivity contribution in [2.75, 3.05) is 31.6 Å². The topological polar surface area (TPSA) is 72.7 Å². The summed E-state index contributed by atoms with van der Waals surface area (Å²) in [7, 11) is 0. The van der Waals surface area contributed by atoms with Crippen molar-refractivity contribution in [3.8, 4) is 11.5 Å². The van der Waals surface area contributed by atoms with Crippen LogP contribution in [0.1, 0.15) is 32.0 Å². The molecular weight excluding hydrogens is 469 g/mol. The Morgan fingerprint density at radius 1 is 1.21 bits per heavy atom. The number of anilines is 1. The van der Waals surface area contributed by atoms with E-state index in [1.807, 2.05) is 37.5 Å². The fraction of sp³-hybridized carbons (Fsp3) is 0.500. The number of aromatic nitrogens is 2. The lowest BCUT2D eigenvalue weighted by Crippen LogP contribution is -2.30. The molecule has 8 heteroatoms. The zero-order chi connectivity index (χ0) is 18.9. The minimum absolute atomic E-state index is 0. The zero-order valence-corrected chi connectivity index (χ0v) is 18.9. The van der Waals surface area contributed by atoms with E-state index in [2.05, 4.69) is 32.1 Å². The maximum absolute atomic E-state index is 5.76. The highest BCUT2D eigenvalue weighted by atomic mass is 127. The second kappa shape index (κ2) is 11.8. The van der Waals surface area contributed by atoms with Crippen LogP contribution in [-0.2, 0) is 6.54 Å². The van der Waals surface area contributed by atoms with E-state index in [0.717, 1.165) is 67.9 Å². The first-order chi connectivity index (χ1) is 13.3. The van der Waals surface area contributed by atoms with Gasteiger partial charge in [-0.05, 0) is 38.8 Å². The summed E-state index contributed by atoms with van der Waals surface area (Å²) in [5, 5.41) is 6.64. The Hall–Kier alpha value is -1.97. The molecule has 0 unspecified atom stereocenters. The maximum Gasteiger partial charge on any atom is 0.195 e. The number of ether oxygens (including phenoxy) is 2. The predicted octanol–water partition coefficient (Wildman–Crippen LogP) is 3.83. The fourth-order valence-corrected chi connectivity index (χ4v) is 2.91. The molecule has 2 aromatic rings. The van der Waals surface area contributed by atoms with Gasteiger partial charge in [0.25, 0.3) is 0 Å². The van der Waals surface area contributed by atoms with Crippen molar-refractivity contribution in [1.82, 2.24) is 14.9 Å². The van der Waals surface area contributed by atoms with Gasteiger partial charge < -0.3 is 24.7 Å². The molecule has 2 N–H and O–H groups in total. The van der Waals surface area contributed by atoms with Crippen molar-refractivity contribution in [3.05, 3.63) is 36.4 Å². The molecule has 0 amide bonds. The van der Waals surface area contributed by atoms with Gasteiger partial charge in [0.1, 0.15) is 5.82 Å². The molecule has 0 spiro atoms. The SMILES string of the molecule is CCNC(=NCCCCn1ccnc1C)Nc1ccc2c(c1)OCCCO2.I. The minimum atomic E-state index is 0. The summed E-state index contributed by atoms with van der Waals surface area (Å²) in [5.74, 6) is 3.42. The van der Waals surface area contributed by atoms with Crippen molar-refractivity contribution < 1.29 is 9.47 Å². The van der Waals surface area contributed by atoms with Crippen LogP contribution in [0, 0.1) is 6.92 Å². The number of halogens is 1. The molecule has 2 heterocycles. The Kier molecular flexibility index (Phi) is 9.39. The Labute approximate surface area is 184 Å². The smallest absolute Gasteiger partial charge is 0.195 e. The largest absolute Gasteiger partial charge is 0.490 e. The average molecular weight is 499 g/mol. The standard InChI is InChI=1S/C20H29N5O2.HI/c1-3-21-20(23-9-4-5-11-25-12-10-22-16(25)2)24-17-7-8-18-19(15-17)27-14-6-13-26-18;/h7-8,10,12,15H,3-6,9,11,13-14H2,1-2H3,(H2,21,23,24);1H. The van der Waals surface area contributed by atoms with E-state index in [0.29, 0.717) is 13.2 Å². The summed E-state index contributed by atoms with van der Waals surface area (Å²) < 4.78 is 13.6. The number of guanidine groups is 1. The number of aliphatic imine (C=N–C) groups is 1. The monoisotopic (exact) mass is 499 g/mol. The van der Waals surface area contributed by atoms with Crippen LogP contribution in [0.2, 0.25) is 0 Å². The first-order valence-electron chi connectivity index (χ1n) is 9.69. The molecular formula is C20H30IN5O2. The van der Waals surface area contributed by atoms with Gasteiger partial charge in [-0.15, -0.1) is 24.0 Å². The summed E-state index contributed by atoms with van der Waals surface area (Å²) >= 11 is 0. The fourth-order valence-electron chi connectivity index (χ4n) is 2.91. The molecule has 0 fully saturated rings. The molecule has 0 aliphatic carbocycles. The number of hydrogen-bond donors (Lipinski definition) is 2. The highest BCUT2D eigenvalue weighted by Gasteiger charge is 2.11. The van der Waals surface area contributed by atoms with Crippen LogP contribution in [0.4, 0.5) is 5.69 Å². The minimum Gasteiger partial charge on any atom is -0.490 e. The quantitative estimate of drug-likeness (QED) is 0.262. The van der Waals surface area contributed by atoms with Crippen LogP contribution in [-0.4, -0.2) is 41.8 Å². The van der Waals surface area contributed by atoms with E-state index < -0.39 is 0 Å². The summed E-state index contributed by atoms with van der Waals surface area (Å²) in [6.07, 6.45) is 6.87. The van der Waals surface area contributed by atoms with E-state index >= 15 is 0 Å². The van der Waals surface area contributed by atoms with Crippen LogP contribution in [0.3, 0.4) is 0 Å². The van der Waals surface area contributed by atoms with Gasteiger partial charge in [-0.2, -0.15) is 0 Å². The van der Waals surface area contributed by atoms with Gasteiger partial charge in [0.2, 0.25) is 0 Å². The summed E-state index contributed by atoms with van der Waals surface area (Å²) in [6, 6.07) is 5.90. The number of unbranched alkanes of at least 4 members (excludes halogenated alkanes) is 1. The van der Waals surface area contributed by atoms with Gasteiger partial charge in [0.15, 0.2) is 17.5 Å². The number of hydrogen-bond acceptors (Lipinski definition) is 4. The van der Waals surface area contributed by atoms with Crippen molar-refractivity contribution in [2.45, 2.75) is 39.7 Å². The molecule has 154 valence electrons. The average Bonchev–Trinajstić information content (AvgIpc) is 2.93. The van der Waals surface area contributed by atoms with E-state index in [9.17, 15) is 0 Å². The van der Waals surface area contributed by atoms with E-state index in [4.69, 9.17) is 9.47 Å². The van der Waals surface area contributed by atoms with E-state index in [1.54, 1.807) is 0 Å². The van der Waals surface area contributed by atoms with Gasteiger partial charge in [0, 0.05) is 50.2 Å². The lowest BCUT2D eigenvalue weighted by molar-refractivity contribution is 0.297. The Morgan fingerprint density at radius 2 is 2.04 bits per heavy atom. The third-order valence-corrected chi connectivity index (χ3v) is 4.36. The van der Waals surface area contributed by atoms with Gasteiger partial charge in [-0.3, -0.25) is 4.99 Å². The molecule has 0 saturated carbocycles. The molecule has 1 aliphatic heterocycles. The molecule has 3 rings (SSSR count). The van der Waals surface area contributed by atoms with Crippen molar-refractivity contribution in [1.29, 1.82) is 0 Å². The normalized spacial score (nSPS) is 13.4. The molecule has 0 radical (unpaired) electrons. The van der Waals surface area contributed by atoms with Gasteiger partial charge in [-0.25, -0.2) is 4.98 Å². The number of fused-ring (bicyclic) bond motifs is 1. The molecule has 0 atom stereocenters. The second-order valence-electron chi connectivity index (χ2n) is 6.47. The number of nitrogens with one attached hydrogen (secondary N) is 2. The zero-order valence-electron chi connectivity index (χ0n) is 16.6. The lowest BCUT2D eigenvalue weighted by Gasteiger charge is -2.13. The Balaban J connectivity index is 0.00000280. The van der Waals surface area contributed by atoms with Crippen LogP contribution < -0.4 is 20.1 Å². The highest BCUT2D eigenvalue weighted by molar-refractivity contribution is 14.0. The molecule has 0 saturated heterocycles. The first-order valence-corrected chi connectivity index (χ1v) is 9.69. The third-order valence-electron chi connectivity index (χ3n) is 4.36. The number of aryl methyl sites for hydroxylation is 2. The van der Waals surface area contributed by atoms with Crippen molar-refractivity contribution >= 4 is 35.6 Å². The van der Waals surface area contributed by atoms with E-state index in [1.165, 1.54) is 0 Å². The Bertz CT molecular complexity index is 763. The lowest BCUT2D eigenvalue weighted by atomic mass is 10.2. The Morgan fingerprint density at radius 3 is 2.79 bits per heavy atom. The number of imidazole rings is 1. The second-order valence-corrected chi connectivity index (χ2v) is 6.47. The number of rotatable bonds is 7. The number of nitrogens with zero attached hydrogens (tertiary/aromatic N) is 3. The van der Waals surface area contributed by atoms with Crippen LogP contribution in [0.25, 0.3) is 0 Å². The predicted molar refractivity (Wildman–Crippen MR) is 123 cm³/mol. The first kappa shape index (κ1) is 22.3. The molecule has 7 nitrogen and oxygen atoms in total. The van der Waals surface area contributed by atoms with Gasteiger partial charge >= 0.3 is 0 Å². The molecule has 1 aromatic carbocycles. The summed E-state index contributed by atoms with van der Waals surface area (Å²) in [5.41, 5.74) is 0.938. The third kappa shape index (κ3) is 6.57. The highest BCUT2D eigenvalue weighted by Crippen LogP contribution is 2.32. The molecule has 1 aliphatic rings. The maximum atomic E-state index is 5.76. The van der Waals surface area contributed by atoms with Gasteiger partial charge in [-0.1, -0.05) is 0 Å². The summed E-state index contributed by atoms with van der Waals surface area (Å²) in [4.78, 5) is 8.93. The van der Waals surface area contributed by atoms with Gasteiger partial charge in [0.05, 0.1) is 13.2 Å². The molecule has 28 heavy (non-hydrogen) atoms.